The number of carbonyl (C=O) groups is 1. The molecule has 0 unspecified atom stereocenters. The Morgan fingerprint density at radius 2 is 1.96 bits per heavy atom. The number of amides is 1. The molecule has 1 amide bonds. The van der Waals surface area contributed by atoms with Gasteiger partial charge in [-0.05, 0) is 31.2 Å². The predicted octanol–water partition coefficient (Wildman–Crippen LogP) is 0.779. The molecule has 0 aliphatic carbocycles. The molecule has 1 aromatic rings. The number of likely N-dealkylation sites (N-methyl/N-ethyl adjacent to an activating group) is 1. The van der Waals surface area contributed by atoms with Gasteiger partial charge >= 0.3 is 0 Å². The average molecular weight is 369 g/mol. The minimum absolute atomic E-state index is 0.169. The second kappa shape index (κ2) is 9.28. The summed E-state index contributed by atoms with van der Waals surface area (Å²) in [4.78, 5) is 14.6. The molecule has 0 aromatic heterocycles. The third-order valence-corrected chi connectivity index (χ3v) is 6.22. The van der Waals surface area contributed by atoms with Crippen LogP contribution in [0.1, 0.15) is 23.7 Å². The van der Waals surface area contributed by atoms with Crippen molar-refractivity contribution in [2.24, 2.45) is 0 Å². The molecule has 25 heavy (non-hydrogen) atoms. The monoisotopic (exact) mass is 369 g/mol. The molecule has 0 saturated carbocycles. The summed E-state index contributed by atoms with van der Waals surface area (Å²) in [5.41, 5.74) is 0.352. The lowest BCUT2D eigenvalue weighted by Gasteiger charge is -2.33. The number of ether oxygens (including phenoxy) is 1. The van der Waals surface area contributed by atoms with E-state index in [1.54, 1.807) is 25.3 Å². The van der Waals surface area contributed by atoms with Crippen LogP contribution < -0.4 is 5.32 Å². The molecule has 1 aromatic carbocycles. The zero-order valence-corrected chi connectivity index (χ0v) is 15.7. The number of nitrogens with zero attached hydrogens (tertiary/aromatic N) is 2. The van der Waals surface area contributed by atoms with Crippen LogP contribution in [0, 0.1) is 0 Å². The summed E-state index contributed by atoms with van der Waals surface area (Å²) in [6.45, 7) is 6.46. The fraction of sp³-hybridized carbons (Fsp3) is 0.588. The predicted molar refractivity (Wildman–Crippen MR) is 96.1 cm³/mol. The van der Waals surface area contributed by atoms with Gasteiger partial charge in [0.15, 0.2) is 0 Å². The van der Waals surface area contributed by atoms with Crippen LogP contribution in [0.5, 0.6) is 0 Å². The first-order chi connectivity index (χ1) is 12.0. The van der Waals surface area contributed by atoms with Gasteiger partial charge in [-0.15, -0.1) is 0 Å². The van der Waals surface area contributed by atoms with Gasteiger partial charge in [-0.2, -0.15) is 4.31 Å². The Hall–Kier alpha value is -1.48. The number of hydrogen-bond donors (Lipinski definition) is 1. The molecule has 1 fully saturated rings. The van der Waals surface area contributed by atoms with Crippen LogP contribution in [-0.2, 0) is 14.8 Å². The molecule has 8 heteroatoms. The number of rotatable bonds is 8. The van der Waals surface area contributed by atoms with Crippen molar-refractivity contribution in [3.8, 4) is 0 Å². The molecular weight excluding hydrogens is 342 g/mol. The van der Waals surface area contributed by atoms with E-state index in [9.17, 15) is 13.2 Å². The SMILES string of the molecule is CCN1CCN(S(=O)(=O)c2cccc(C(=O)NCCCOC)c2)CC1. The minimum Gasteiger partial charge on any atom is -0.385 e. The average Bonchev–Trinajstić information content (AvgIpc) is 2.65. The van der Waals surface area contributed by atoms with E-state index in [1.807, 2.05) is 0 Å². The quantitative estimate of drug-likeness (QED) is 0.685. The van der Waals surface area contributed by atoms with E-state index in [0.29, 0.717) is 38.2 Å². The Balaban J connectivity index is 2.05. The van der Waals surface area contributed by atoms with E-state index in [4.69, 9.17) is 4.74 Å². The fourth-order valence-electron chi connectivity index (χ4n) is 2.75. The zero-order chi connectivity index (χ0) is 18.3. The highest BCUT2D eigenvalue weighted by Gasteiger charge is 2.28. The van der Waals surface area contributed by atoms with Crippen LogP contribution in [0.2, 0.25) is 0 Å². The van der Waals surface area contributed by atoms with Crippen LogP contribution in [0.15, 0.2) is 29.2 Å². The molecule has 1 saturated heterocycles. The van der Waals surface area contributed by atoms with Gasteiger partial charge in [0.1, 0.15) is 0 Å². The van der Waals surface area contributed by atoms with Crippen molar-refractivity contribution in [3.05, 3.63) is 29.8 Å². The zero-order valence-electron chi connectivity index (χ0n) is 14.9. The highest BCUT2D eigenvalue weighted by Crippen LogP contribution is 2.19. The molecule has 2 rings (SSSR count). The summed E-state index contributed by atoms with van der Waals surface area (Å²) in [5, 5.41) is 2.77. The van der Waals surface area contributed by atoms with Gasteiger partial charge in [-0.25, -0.2) is 8.42 Å². The Morgan fingerprint density at radius 3 is 2.60 bits per heavy atom. The molecule has 0 atom stereocenters. The maximum absolute atomic E-state index is 12.8. The minimum atomic E-state index is -3.57. The summed E-state index contributed by atoms with van der Waals surface area (Å²) in [6, 6.07) is 6.23. The highest BCUT2D eigenvalue weighted by atomic mass is 32.2. The number of hydrogen-bond acceptors (Lipinski definition) is 5. The van der Waals surface area contributed by atoms with Crippen molar-refractivity contribution in [2.45, 2.75) is 18.2 Å². The van der Waals surface area contributed by atoms with E-state index in [0.717, 1.165) is 19.6 Å². The van der Waals surface area contributed by atoms with Gasteiger partial charge in [0.25, 0.3) is 5.91 Å². The molecule has 140 valence electrons. The Kier molecular flexibility index (Phi) is 7.37. The molecule has 0 spiro atoms. The second-order valence-electron chi connectivity index (χ2n) is 5.97. The first-order valence-corrected chi connectivity index (χ1v) is 10.0. The third-order valence-electron chi connectivity index (χ3n) is 4.32. The first kappa shape index (κ1) is 19.8. The lowest BCUT2D eigenvalue weighted by molar-refractivity contribution is 0.0948. The van der Waals surface area contributed by atoms with Crippen LogP contribution in [0.25, 0.3) is 0 Å². The molecule has 0 radical (unpaired) electrons. The van der Waals surface area contributed by atoms with Gasteiger partial charge < -0.3 is 15.0 Å². The standard InChI is InChI=1S/C17H27N3O4S/c1-3-19-9-11-20(12-10-19)25(22,23)16-7-4-6-15(14-16)17(21)18-8-5-13-24-2/h4,6-7,14H,3,5,8-13H2,1-2H3,(H,18,21). The topological polar surface area (TPSA) is 79.0 Å². The Morgan fingerprint density at radius 1 is 1.24 bits per heavy atom. The van der Waals surface area contributed by atoms with E-state index < -0.39 is 10.0 Å². The smallest absolute Gasteiger partial charge is 0.251 e. The van der Waals surface area contributed by atoms with Crippen LogP contribution in [0.3, 0.4) is 0 Å². The molecule has 1 N–H and O–H groups in total. The van der Waals surface area contributed by atoms with Crippen molar-refractivity contribution >= 4 is 15.9 Å². The van der Waals surface area contributed by atoms with Crippen molar-refractivity contribution < 1.29 is 17.9 Å². The van der Waals surface area contributed by atoms with Gasteiger partial charge in [0.05, 0.1) is 4.90 Å². The van der Waals surface area contributed by atoms with Gasteiger partial charge in [0, 0.05) is 52.0 Å². The molecular formula is C17H27N3O4S. The number of methoxy groups -OCH3 is 1. The number of benzene rings is 1. The number of carbonyl (C=O) groups excluding carboxylic acids is 1. The van der Waals surface area contributed by atoms with Crippen LogP contribution in [-0.4, -0.2) is 76.5 Å². The largest absolute Gasteiger partial charge is 0.385 e. The van der Waals surface area contributed by atoms with Crippen LogP contribution >= 0.6 is 0 Å². The fourth-order valence-corrected chi connectivity index (χ4v) is 4.22. The maximum atomic E-state index is 12.8. The molecule has 0 bridgehead atoms. The van der Waals surface area contributed by atoms with Crippen molar-refractivity contribution in [1.29, 1.82) is 0 Å². The lowest BCUT2D eigenvalue weighted by Crippen LogP contribution is -2.48. The van der Waals surface area contributed by atoms with E-state index in [2.05, 4.69) is 17.1 Å². The molecule has 7 nitrogen and oxygen atoms in total. The van der Waals surface area contributed by atoms with Crippen molar-refractivity contribution in [1.82, 2.24) is 14.5 Å². The number of piperazine rings is 1. The molecule has 1 aliphatic rings. The Labute approximate surface area is 150 Å². The molecule has 1 aliphatic heterocycles. The number of sulfonamides is 1. The van der Waals surface area contributed by atoms with E-state index in [1.165, 1.54) is 10.4 Å². The van der Waals surface area contributed by atoms with Crippen LogP contribution in [0.4, 0.5) is 0 Å². The third kappa shape index (κ3) is 5.24. The second-order valence-corrected chi connectivity index (χ2v) is 7.91. The molecule has 1 heterocycles. The summed E-state index contributed by atoms with van der Waals surface area (Å²) >= 11 is 0. The Bertz CT molecular complexity index is 670. The lowest BCUT2D eigenvalue weighted by atomic mass is 10.2. The summed E-state index contributed by atoms with van der Waals surface area (Å²) in [7, 11) is -1.96. The van der Waals surface area contributed by atoms with Crippen molar-refractivity contribution in [3.63, 3.8) is 0 Å². The highest BCUT2D eigenvalue weighted by molar-refractivity contribution is 7.89. The summed E-state index contributed by atoms with van der Waals surface area (Å²) < 4.78 is 32.1. The van der Waals surface area contributed by atoms with Gasteiger partial charge in [0.2, 0.25) is 10.0 Å². The van der Waals surface area contributed by atoms with Crippen molar-refractivity contribution in [2.75, 3.05) is 53.0 Å². The normalized spacial score (nSPS) is 16.7. The summed E-state index contributed by atoms with van der Waals surface area (Å²) in [6.07, 6.45) is 0.710. The van der Waals surface area contributed by atoms with E-state index in [-0.39, 0.29) is 10.8 Å². The number of nitrogens with one attached hydrogen (secondary N) is 1. The van der Waals surface area contributed by atoms with Gasteiger partial charge in [-0.1, -0.05) is 13.0 Å². The van der Waals surface area contributed by atoms with Gasteiger partial charge in [-0.3, -0.25) is 4.79 Å². The first-order valence-electron chi connectivity index (χ1n) is 8.58. The summed E-state index contributed by atoms with van der Waals surface area (Å²) in [5.74, 6) is -0.274. The maximum Gasteiger partial charge on any atom is 0.251 e. The van der Waals surface area contributed by atoms with E-state index >= 15 is 0 Å².